The van der Waals surface area contributed by atoms with Gasteiger partial charge in [0.1, 0.15) is 0 Å². The Labute approximate surface area is 179 Å². The molecule has 1 fully saturated rings. The zero-order valence-corrected chi connectivity index (χ0v) is 18.2. The van der Waals surface area contributed by atoms with Crippen molar-refractivity contribution in [2.24, 2.45) is 0 Å². The summed E-state index contributed by atoms with van der Waals surface area (Å²) >= 11 is 0. The van der Waals surface area contributed by atoms with Crippen LogP contribution >= 0.6 is 0 Å². The molecule has 1 amide bonds. The van der Waals surface area contributed by atoms with Crippen molar-refractivity contribution in [2.45, 2.75) is 13.0 Å². The van der Waals surface area contributed by atoms with Gasteiger partial charge in [-0.15, -0.1) is 0 Å². The van der Waals surface area contributed by atoms with Crippen LogP contribution in [0, 0.1) is 0 Å². The monoisotopic (exact) mass is 430 g/mol. The van der Waals surface area contributed by atoms with Gasteiger partial charge < -0.3 is 10.2 Å². The second-order valence-electron chi connectivity index (χ2n) is 7.63. The molecule has 0 saturated carbocycles. The molecule has 0 spiro atoms. The van der Waals surface area contributed by atoms with Crippen molar-refractivity contribution in [3.63, 3.8) is 0 Å². The number of nitrogens with one attached hydrogen (secondary N) is 2. The molecule has 3 rings (SSSR count). The molecule has 7 nitrogen and oxygen atoms in total. The number of hydrogen-bond acceptors (Lipinski definition) is 5. The summed E-state index contributed by atoms with van der Waals surface area (Å²) in [4.78, 5) is 17.3. The maximum Gasteiger partial charge on any atom is 0.253 e. The molecule has 1 aliphatic heterocycles. The summed E-state index contributed by atoms with van der Waals surface area (Å²) < 4.78 is 25.4. The lowest BCUT2D eigenvalue weighted by molar-refractivity contribution is 0.0948. The minimum absolute atomic E-state index is 0.269. The summed E-state index contributed by atoms with van der Waals surface area (Å²) in [7, 11) is -3.44. The average molecular weight is 431 g/mol. The molecule has 0 atom stereocenters. The summed E-state index contributed by atoms with van der Waals surface area (Å²) in [6, 6.07) is 17.2. The van der Waals surface area contributed by atoms with Crippen molar-refractivity contribution >= 4 is 21.6 Å². The van der Waals surface area contributed by atoms with Crippen molar-refractivity contribution in [2.75, 3.05) is 50.2 Å². The third kappa shape index (κ3) is 7.12. The van der Waals surface area contributed by atoms with Crippen LogP contribution in [0.3, 0.4) is 0 Å². The van der Waals surface area contributed by atoms with Gasteiger partial charge in [-0.3, -0.25) is 14.4 Å². The van der Waals surface area contributed by atoms with Crippen LogP contribution in [-0.4, -0.2) is 69.6 Å². The molecule has 1 saturated heterocycles. The van der Waals surface area contributed by atoms with Crippen LogP contribution in [0.4, 0.5) is 5.69 Å². The van der Waals surface area contributed by atoms with Crippen molar-refractivity contribution in [1.82, 2.24) is 15.1 Å². The molecule has 0 unspecified atom stereocenters. The number of rotatable bonds is 9. The van der Waals surface area contributed by atoms with E-state index in [0.29, 0.717) is 17.8 Å². The van der Waals surface area contributed by atoms with Crippen LogP contribution in [-0.2, 0) is 16.6 Å². The molecular formula is C22H30N4O3S. The molecule has 30 heavy (non-hydrogen) atoms. The number of benzene rings is 2. The van der Waals surface area contributed by atoms with Crippen LogP contribution in [0.15, 0.2) is 54.6 Å². The van der Waals surface area contributed by atoms with Gasteiger partial charge in [-0.2, -0.15) is 0 Å². The van der Waals surface area contributed by atoms with Crippen molar-refractivity contribution in [3.05, 3.63) is 65.7 Å². The first kappa shape index (κ1) is 22.3. The van der Waals surface area contributed by atoms with E-state index in [-0.39, 0.29) is 5.91 Å². The number of amides is 1. The minimum Gasteiger partial charge on any atom is -0.352 e. The van der Waals surface area contributed by atoms with Crippen LogP contribution in [0.5, 0.6) is 0 Å². The number of carbonyl (C=O) groups excluding carboxylic acids is 1. The van der Waals surface area contributed by atoms with Crippen molar-refractivity contribution < 1.29 is 13.2 Å². The first-order valence-corrected chi connectivity index (χ1v) is 12.1. The van der Waals surface area contributed by atoms with Crippen molar-refractivity contribution in [3.8, 4) is 0 Å². The number of piperazine rings is 1. The van der Waals surface area contributed by atoms with E-state index < -0.39 is 10.0 Å². The summed E-state index contributed by atoms with van der Waals surface area (Å²) in [6.45, 7) is 6.63. The van der Waals surface area contributed by atoms with Crippen LogP contribution in [0.2, 0.25) is 0 Å². The van der Waals surface area contributed by atoms with Gasteiger partial charge in [-0.05, 0) is 30.7 Å². The molecule has 162 valence electrons. The zero-order chi connectivity index (χ0) is 21.4. The number of nitrogens with zero attached hydrogens (tertiary/aromatic N) is 2. The highest BCUT2D eigenvalue weighted by Crippen LogP contribution is 2.16. The summed E-state index contributed by atoms with van der Waals surface area (Å²) in [5.74, 6) is -0.269. The fourth-order valence-corrected chi connectivity index (χ4v) is 4.16. The highest BCUT2D eigenvalue weighted by molar-refractivity contribution is 7.92. The topological polar surface area (TPSA) is 81.7 Å². The summed E-state index contributed by atoms with van der Waals surface area (Å²) in [5.41, 5.74) is 1.98. The largest absolute Gasteiger partial charge is 0.352 e. The Bertz CT molecular complexity index is 926. The first-order valence-electron chi connectivity index (χ1n) is 10.2. The first-order chi connectivity index (χ1) is 14.4. The molecule has 0 bridgehead atoms. The lowest BCUT2D eigenvalue weighted by atomic mass is 10.1. The Balaban J connectivity index is 1.37. The Morgan fingerprint density at radius 2 is 1.57 bits per heavy atom. The number of anilines is 1. The maximum atomic E-state index is 12.5. The zero-order valence-electron chi connectivity index (χ0n) is 17.4. The van der Waals surface area contributed by atoms with E-state index in [9.17, 15) is 13.2 Å². The highest BCUT2D eigenvalue weighted by Gasteiger charge is 2.17. The lowest BCUT2D eigenvalue weighted by Gasteiger charge is -2.34. The van der Waals surface area contributed by atoms with Crippen LogP contribution < -0.4 is 10.0 Å². The molecule has 0 radical (unpaired) electrons. The Hall–Kier alpha value is -2.42. The number of sulfonamides is 1. The quantitative estimate of drug-likeness (QED) is 0.595. The van der Waals surface area contributed by atoms with Crippen molar-refractivity contribution in [1.29, 1.82) is 0 Å². The fourth-order valence-electron chi connectivity index (χ4n) is 3.58. The normalized spacial score (nSPS) is 15.6. The highest BCUT2D eigenvalue weighted by atomic mass is 32.2. The standard InChI is InChI=1S/C22H30N4O3S/c1-30(28,29)24-21-11-6-5-10-20(21)22(27)23-12-7-13-25-14-16-26(17-15-25)18-19-8-3-2-4-9-19/h2-6,8-11,24H,7,12-18H2,1H3,(H,23,27). The van der Waals surface area contributed by atoms with E-state index in [1.165, 1.54) is 5.56 Å². The number of hydrogen-bond donors (Lipinski definition) is 2. The third-order valence-electron chi connectivity index (χ3n) is 5.12. The van der Waals surface area contributed by atoms with Gasteiger partial charge in [0.15, 0.2) is 0 Å². The van der Waals surface area contributed by atoms with Crippen LogP contribution in [0.1, 0.15) is 22.3 Å². The van der Waals surface area contributed by atoms with Crippen LogP contribution in [0.25, 0.3) is 0 Å². The van der Waals surface area contributed by atoms with E-state index >= 15 is 0 Å². The molecule has 1 heterocycles. The Morgan fingerprint density at radius 3 is 2.27 bits per heavy atom. The van der Waals surface area contributed by atoms with E-state index in [4.69, 9.17) is 0 Å². The second kappa shape index (κ2) is 10.6. The van der Waals surface area contributed by atoms with Gasteiger partial charge in [0.2, 0.25) is 10.0 Å². The lowest BCUT2D eigenvalue weighted by Crippen LogP contribution is -2.46. The summed E-state index contributed by atoms with van der Waals surface area (Å²) in [6.07, 6.45) is 1.92. The van der Waals surface area contributed by atoms with Gasteiger partial charge >= 0.3 is 0 Å². The van der Waals surface area contributed by atoms with Gasteiger partial charge in [-0.25, -0.2) is 8.42 Å². The van der Waals surface area contributed by atoms with E-state index in [1.54, 1.807) is 24.3 Å². The van der Waals surface area contributed by atoms with Gasteiger partial charge in [0, 0.05) is 39.3 Å². The maximum absolute atomic E-state index is 12.5. The smallest absolute Gasteiger partial charge is 0.253 e. The SMILES string of the molecule is CS(=O)(=O)Nc1ccccc1C(=O)NCCCN1CCN(Cc2ccccc2)CC1. The minimum atomic E-state index is -3.44. The van der Waals surface area contributed by atoms with E-state index in [1.807, 2.05) is 6.07 Å². The van der Waals surface area contributed by atoms with E-state index in [0.717, 1.165) is 51.9 Å². The Kier molecular flexibility index (Phi) is 7.84. The van der Waals surface area contributed by atoms with Gasteiger partial charge in [0.25, 0.3) is 5.91 Å². The molecule has 2 aromatic carbocycles. The summed E-state index contributed by atoms with van der Waals surface area (Å²) in [5, 5.41) is 2.90. The molecule has 2 N–H and O–H groups in total. The molecule has 2 aromatic rings. The number of para-hydroxylation sites is 1. The Morgan fingerprint density at radius 1 is 0.933 bits per heavy atom. The molecular weight excluding hydrogens is 400 g/mol. The van der Waals surface area contributed by atoms with Gasteiger partial charge in [-0.1, -0.05) is 42.5 Å². The fraction of sp³-hybridized carbons (Fsp3) is 0.409. The molecule has 0 aromatic heterocycles. The van der Waals surface area contributed by atoms with Gasteiger partial charge in [0.05, 0.1) is 17.5 Å². The average Bonchev–Trinajstić information content (AvgIpc) is 2.72. The predicted octanol–water partition coefficient (Wildman–Crippen LogP) is 2.00. The molecule has 8 heteroatoms. The molecule has 0 aliphatic carbocycles. The second-order valence-corrected chi connectivity index (χ2v) is 9.38. The van der Waals surface area contributed by atoms with E-state index in [2.05, 4.69) is 44.1 Å². The molecule has 1 aliphatic rings. The third-order valence-corrected chi connectivity index (χ3v) is 5.71. The number of carbonyl (C=O) groups is 1. The predicted molar refractivity (Wildman–Crippen MR) is 120 cm³/mol.